The summed E-state index contributed by atoms with van der Waals surface area (Å²) in [6, 6.07) is 5.94. The zero-order valence-electron chi connectivity index (χ0n) is 15.5. The van der Waals surface area contributed by atoms with Gasteiger partial charge in [-0.2, -0.15) is 0 Å². The molecule has 1 aromatic carbocycles. The molecule has 8 nitrogen and oxygen atoms in total. The van der Waals surface area contributed by atoms with Crippen molar-refractivity contribution in [1.82, 2.24) is 20.2 Å². The van der Waals surface area contributed by atoms with E-state index in [1.165, 1.54) is 24.5 Å². The van der Waals surface area contributed by atoms with Gasteiger partial charge in [-0.05, 0) is 38.0 Å². The molecule has 0 atom stereocenters. The number of carbonyl (C=O) groups is 2. The van der Waals surface area contributed by atoms with Crippen LogP contribution in [0.1, 0.15) is 30.3 Å². The molecule has 0 unspecified atom stereocenters. The van der Waals surface area contributed by atoms with Crippen LogP contribution in [0.25, 0.3) is 0 Å². The Labute approximate surface area is 162 Å². The zero-order valence-corrected chi connectivity index (χ0v) is 15.5. The van der Waals surface area contributed by atoms with Gasteiger partial charge in [0, 0.05) is 24.8 Å². The standard InChI is InChI=1S/C19H22FN5O3/c1-2-28-19(27)25-8-6-14(7-9-25)24-18(26)16-11-22-17(12-21-16)23-15-5-3-4-13(20)10-15/h3-5,10-12,14H,2,6-9H2,1H3,(H,22,23)(H,24,26). The van der Waals surface area contributed by atoms with E-state index in [0.717, 1.165) is 0 Å². The van der Waals surface area contributed by atoms with Gasteiger partial charge in [-0.15, -0.1) is 0 Å². The molecule has 9 heteroatoms. The molecule has 0 spiro atoms. The van der Waals surface area contributed by atoms with E-state index in [2.05, 4.69) is 20.6 Å². The molecule has 2 N–H and O–H groups in total. The Hall–Kier alpha value is -3.23. The predicted molar refractivity (Wildman–Crippen MR) is 101 cm³/mol. The number of nitrogens with one attached hydrogen (secondary N) is 2. The van der Waals surface area contributed by atoms with Crippen LogP contribution in [0.3, 0.4) is 0 Å². The van der Waals surface area contributed by atoms with Gasteiger partial charge in [0.2, 0.25) is 0 Å². The third-order valence-electron chi connectivity index (χ3n) is 4.34. The Morgan fingerprint density at radius 3 is 2.68 bits per heavy atom. The van der Waals surface area contributed by atoms with Gasteiger partial charge in [0.25, 0.3) is 5.91 Å². The predicted octanol–water partition coefficient (Wildman–Crippen LogP) is 2.71. The molecule has 0 aliphatic carbocycles. The molecule has 148 valence electrons. The second-order valence-corrected chi connectivity index (χ2v) is 6.36. The van der Waals surface area contributed by atoms with Crippen molar-refractivity contribution < 1.29 is 18.7 Å². The Kier molecular flexibility index (Phi) is 6.36. The third-order valence-corrected chi connectivity index (χ3v) is 4.34. The zero-order chi connectivity index (χ0) is 19.9. The van der Waals surface area contributed by atoms with E-state index in [4.69, 9.17) is 4.74 Å². The molecule has 2 heterocycles. The van der Waals surface area contributed by atoms with E-state index < -0.39 is 0 Å². The Balaban J connectivity index is 1.50. The SMILES string of the molecule is CCOC(=O)N1CCC(NC(=O)c2cnc(Nc3cccc(F)c3)cn2)CC1. The molecule has 1 aromatic heterocycles. The highest BCUT2D eigenvalue weighted by atomic mass is 19.1. The molecular formula is C19H22FN5O3. The van der Waals surface area contributed by atoms with Gasteiger partial charge in [0.1, 0.15) is 17.3 Å². The summed E-state index contributed by atoms with van der Waals surface area (Å²) >= 11 is 0. The van der Waals surface area contributed by atoms with E-state index in [1.54, 1.807) is 24.0 Å². The summed E-state index contributed by atoms with van der Waals surface area (Å²) in [5.41, 5.74) is 0.734. The number of carbonyl (C=O) groups excluding carboxylic acids is 2. The van der Waals surface area contributed by atoms with Crippen LogP contribution in [0.5, 0.6) is 0 Å². The number of aromatic nitrogens is 2. The van der Waals surface area contributed by atoms with Gasteiger partial charge in [0.15, 0.2) is 0 Å². The van der Waals surface area contributed by atoms with Gasteiger partial charge >= 0.3 is 6.09 Å². The number of benzene rings is 1. The van der Waals surface area contributed by atoms with E-state index in [1.807, 2.05) is 0 Å². The molecule has 2 amide bonds. The summed E-state index contributed by atoms with van der Waals surface area (Å²) in [7, 11) is 0. The number of hydrogen-bond acceptors (Lipinski definition) is 6. The molecule has 3 rings (SSSR count). The maximum atomic E-state index is 13.2. The monoisotopic (exact) mass is 387 g/mol. The first-order chi connectivity index (χ1) is 13.5. The number of nitrogens with zero attached hydrogens (tertiary/aromatic N) is 3. The number of halogens is 1. The van der Waals surface area contributed by atoms with Crippen LogP contribution >= 0.6 is 0 Å². The highest BCUT2D eigenvalue weighted by Crippen LogP contribution is 2.15. The van der Waals surface area contributed by atoms with Crippen molar-refractivity contribution in [2.24, 2.45) is 0 Å². The van der Waals surface area contributed by atoms with Gasteiger partial charge < -0.3 is 20.3 Å². The average molecular weight is 387 g/mol. The van der Waals surface area contributed by atoms with Crippen molar-refractivity contribution >= 4 is 23.5 Å². The van der Waals surface area contributed by atoms with Crippen molar-refractivity contribution in [2.75, 3.05) is 25.0 Å². The lowest BCUT2D eigenvalue weighted by atomic mass is 10.1. The molecule has 0 bridgehead atoms. The van der Waals surface area contributed by atoms with Gasteiger partial charge in [-0.3, -0.25) is 4.79 Å². The maximum Gasteiger partial charge on any atom is 0.409 e. The summed E-state index contributed by atoms with van der Waals surface area (Å²) in [6.45, 7) is 3.18. The van der Waals surface area contributed by atoms with Crippen LogP contribution in [0.4, 0.5) is 20.7 Å². The first-order valence-corrected chi connectivity index (χ1v) is 9.12. The van der Waals surface area contributed by atoms with E-state index in [9.17, 15) is 14.0 Å². The number of ether oxygens (including phenoxy) is 1. The normalized spacial score (nSPS) is 14.4. The number of rotatable bonds is 5. The van der Waals surface area contributed by atoms with Crippen molar-refractivity contribution in [3.63, 3.8) is 0 Å². The van der Waals surface area contributed by atoms with Gasteiger partial charge in [0.05, 0.1) is 19.0 Å². The van der Waals surface area contributed by atoms with Crippen LogP contribution in [0.2, 0.25) is 0 Å². The summed E-state index contributed by atoms with van der Waals surface area (Å²) in [5, 5.41) is 5.84. The first kappa shape index (κ1) is 19.5. The van der Waals surface area contributed by atoms with Crippen LogP contribution in [-0.4, -0.2) is 52.6 Å². The number of anilines is 2. The van der Waals surface area contributed by atoms with E-state index in [0.29, 0.717) is 44.0 Å². The molecule has 0 saturated carbocycles. The van der Waals surface area contributed by atoms with Crippen molar-refractivity contribution in [3.05, 3.63) is 48.2 Å². The van der Waals surface area contributed by atoms with Crippen LogP contribution in [0, 0.1) is 5.82 Å². The second kappa shape index (κ2) is 9.12. The molecule has 1 aliphatic rings. The molecule has 1 saturated heterocycles. The molecular weight excluding hydrogens is 365 g/mol. The fourth-order valence-corrected chi connectivity index (χ4v) is 2.90. The Bertz CT molecular complexity index is 823. The minimum Gasteiger partial charge on any atom is -0.450 e. The maximum absolute atomic E-state index is 13.2. The van der Waals surface area contributed by atoms with Crippen LogP contribution in [0.15, 0.2) is 36.7 Å². The van der Waals surface area contributed by atoms with Gasteiger partial charge in [-0.25, -0.2) is 19.2 Å². The summed E-state index contributed by atoms with van der Waals surface area (Å²) in [4.78, 5) is 34.0. The quantitative estimate of drug-likeness (QED) is 0.819. The smallest absolute Gasteiger partial charge is 0.409 e. The fraction of sp³-hybridized carbons (Fsp3) is 0.368. The molecule has 1 fully saturated rings. The van der Waals surface area contributed by atoms with E-state index in [-0.39, 0.29) is 29.6 Å². The van der Waals surface area contributed by atoms with Crippen molar-refractivity contribution in [1.29, 1.82) is 0 Å². The molecule has 2 aromatic rings. The minimum absolute atomic E-state index is 0.0370. The van der Waals surface area contributed by atoms with Crippen molar-refractivity contribution in [3.8, 4) is 0 Å². The lowest BCUT2D eigenvalue weighted by Crippen LogP contribution is -2.46. The fourth-order valence-electron chi connectivity index (χ4n) is 2.90. The van der Waals surface area contributed by atoms with Crippen LogP contribution < -0.4 is 10.6 Å². The topological polar surface area (TPSA) is 96.5 Å². The van der Waals surface area contributed by atoms with Gasteiger partial charge in [-0.1, -0.05) is 6.07 Å². The second-order valence-electron chi connectivity index (χ2n) is 6.36. The lowest BCUT2D eigenvalue weighted by Gasteiger charge is -2.31. The Morgan fingerprint density at radius 2 is 2.04 bits per heavy atom. The number of amides is 2. The third kappa shape index (κ3) is 5.15. The largest absolute Gasteiger partial charge is 0.450 e. The Morgan fingerprint density at radius 1 is 1.25 bits per heavy atom. The molecule has 0 radical (unpaired) electrons. The number of hydrogen-bond donors (Lipinski definition) is 2. The highest BCUT2D eigenvalue weighted by molar-refractivity contribution is 5.92. The summed E-state index contributed by atoms with van der Waals surface area (Å²) in [5.74, 6) is -0.271. The molecule has 28 heavy (non-hydrogen) atoms. The van der Waals surface area contributed by atoms with Crippen LogP contribution in [-0.2, 0) is 4.74 Å². The van der Waals surface area contributed by atoms with E-state index >= 15 is 0 Å². The number of piperidine rings is 1. The summed E-state index contributed by atoms with van der Waals surface area (Å²) in [6.07, 6.45) is 3.77. The van der Waals surface area contributed by atoms with Crippen molar-refractivity contribution in [2.45, 2.75) is 25.8 Å². The first-order valence-electron chi connectivity index (χ1n) is 9.12. The molecule has 1 aliphatic heterocycles. The lowest BCUT2D eigenvalue weighted by molar-refractivity contribution is 0.0856. The minimum atomic E-state index is -0.358. The highest BCUT2D eigenvalue weighted by Gasteiger charge is 2.25. The number of likely N-dealkylation sites (tertiary alicyclic amines) is 1. The average Bonchev–Trinajstić information content (AvgIpc) is 2.69. The summed E-state index contributed by atoms with van der Waals surface area (Å²) < 4.78 is 18.2.